The first-order valence-electron chi connectivity index (χ1n) is 6.98. The number of rotatable bonds is 5. The van der Waals surface area contributed by atoms with Crippen molar-refractivity contribution in [2.24, 2.45) is 11.8 Å². The predicted molar refractivity (Wildman–Crippen MR) is 79.1 cm³/mol. The molecule has 5 heteroatoms. The van der Waals surface area contributed by atoms with E-state index in [0.717, 1.165) is 23.1 Å². The fraction of sp³-hybridized carbons (Fsp3) is 0.714. The van der Waals surface area contributed by atoms with E-state index in [0.29, 0.717) is 5.82 Å². The first-order chi connectivity index (χ1) is 8.85. The van der Waals surface area contributed by atoms with E-state index in [1.807, 2.05) is 6.92 Å². The molecule has 0 radical (unpaired) electrons. The van der Waals surface area contributed by atoms with Gasteiger partial charge in [-0.3, -0.25) is 0 Å². The van der Waals surface area contributed by atoms with Gasteiger partial charge in [-0.2, -0.15) is 0 Å². The quantitative estimate of drug-likeness (QED) is 0.562. The Morgan fingerprint density at radius 1 is 1.21 bits per heavy atom. The molecule has 0 bridgehead atoms. The van der Waals surface area contributed by atoms with Crippen LogP contribution in [0.5, 0.6) is 0 Å². The number of nitrogen functional groups attached to an aromatic ring is 1. The van der Waals surface area contributed by atoms with Gasteiger partial charge in [0, 0.05) is 17.0 Å². The highest BCUT2D eigenvalue weighted by atomic mass is 15.3. The molecule has 106 valence electrons. The molecule has 19 heavy (non-hydrogen) atoms. The molecule has 0 unspecified atom stereocenters. The first-order valence-corrected chi connectivity index (χ1v) is 6.98. The number of nitrogens with two attached hydrogens (primary N) is 1. The van der Waals surface area contributed by atoms with Gasteiger partial charge in [0.1, 0.15) is 17.5 Å². The van der Waals surface area contributed by atoms with Crippen LogP contribution in [0.15, 0.2) is 0 Å². The third-order valence-corrected chi connectivity index (χ3v) is 3.85. The van der Waals surface area contributed by atoms with E-state index >= 15 is 0 Å². The van der Waals surface area contributed by atoms with Crippen LogP contribution >= 0.6 is 0 Å². The van der Waals surface area contributed by atoms with E-state index in [-0.39, 0.29) is 11.5 Å². The molecule has 0 spiro atoms. The highest BCUT2D eigenvalue weighted by molar-refractivity contribution is 5.58. The van der Waals surface area contributed by atoms with Crippen molar-refractivity contribution < 1.29 is 0 Å². The number of nitrogens with one attached hydrogen (secondary N) is 2. The summed E-state index contributed by atoms with van der Waals surface area (Å²) >= 11 is 0. The molecule has 1 fully saturated rings. The maximum absolute atomic E-state index is 5.56. The van der Waals surface area contributed by atoms with Gasteiger partial charge in [-0.1, -0.05) is 13.8 Å². The van der Waals surface area contributed by atoms with Gasteiger partial charge in [0.25, 0.3) is 0 Å². The van der Waals surface area contributed by atoms with Crippen molar-refractivity contribution in [1.29, 1.82) is 0 Å². The molecular formula is C14H25N5. The molecular weight excluding hydrogens is 238 g/mol. The second-order valence-electron chi connectivity index (χ2n) is 6.32. The lowest BCUT2D eigenvalue weighted by atomic mass is 9.98. The lowest BCUT2D eigenvalue weighted by Crippen LogP contribution is -2.34. The number of aromatic nitrogens is 2. The molecule has 0 aromatic carbocycles. The SMILES string of the molecule is Cc1c(NN)nc(C(C)C)nc1NC(C)(C)C1CC1. The summed E-state index contributed by atoms with van der Waals surface area (Å²) in [5, 5.41) is 3.57. The van der Waals surface area contributed by atoms with Gasteiger partial charge in [-0.15, -0.1) is 0 Å². The van der Waals surface area contributed by atoms with Crippen LogP contribution in [0.4, 0.5) is 11.6 Å². The second-order valence-corrected chi connectivity index (χ2v) is 6.32. The van der Waals surface area contributed by atoms with Crippen LogP contribution in [0, 0.1) is 12.8 Å². The lowest BCUT2D eigenvalue weighted by Gasteiger charge is -2.28. The number of hydrogen-bond acceptors (Lipinski definition) is 5. The molecule has 2 rings (SSSR count). The van der Waals surface area contributed by atoms with Crippen LogP contribution in [0.1, 0.15) is 57.8 Å². The van der Waals surface area contributed by atoms with Crippen LogP contribution in [0.25, 0.3) is 0 Å². The average molecular weight is 263 g/mol. The number of nitrogens with zero attached hydrogens (tertiary/aromatic N) is 2. The Balaban J connectivity index is 2.34. The highest BCUT2D eigenvalue weighted by Gasteiger charge is 2.38. The molecule has 1 aliphatic carbocycles. The van der Waals surface area contributed by atoms with Crippen molar-refractivity contribution in [1.82, 2.24) is 9.97 Å². The number of anilines is 2. The zero-order chi connectivity index (χ0) is 14.2. The lowest BCUT2D eigenvalue weighted by molar-refractivity contribution is 0.491. The number of hydrogen-bond donors (Lipinski definition) is 3. The third-order valence-electron chi connectivity index (χ3n) is 3.85. The van der Waals surface area contributed by atoms with Gasteiger partial charge in [0.2, 0.25) is 0 Å². The van der Waals surface area contributed by atoms with Crippen LogP contribution in [-0.4, -0.2) is 15.5 Å². The normalized spacial score (nSPS) is 15.7. The van der Waals surface area contributed by atoms with Crippen LogP contribution in [0.2, 0.25) is 0 Å². The summed E-state index contributed by atoms with van der Waals surface area (Å²) < 4.78 is 0. The molecule has 0 saturated heterocycles. The molecule has 0 amide bonds. The maximum Gasteiger partial charge on any atom is 0.148 e. The minimum absolute atomic E-state index is 0.0687. The smallest absolute Gasteiger partial charge is 0.148 e. The first kappa shape index (κ1) is 14.1. The van der Waals surface area contributed by atoms with E-state index in [1.165, 1.54) is 12.8 Å². The molecule has 4 N–H and O–H groups in total. The van der Waals surface area contributed by atoms with Gasteiger partial charge in [0.15, 0.2) is 0 Å². The van der Waals surface area contributed by atoms with Crippen molar-refractivity contribution in [2.75, 3.05) is 10.7 Å². The second kappa shape index (κ2) is 4.96. The molecule has 1 aromatic heterocycles. The van der Waals surface area contributed by atoms with Crippen molar-refractivity contribution in [3.8, 4) is 0 Å². The summed E-state index contributed by atoms with van der Waals surface area (Å²) in [5.41, 5.74) is 3.71. The summed E-state index contributed by atoms with van der Waals surface area (Å²) in [5.74, 6) is 8.97. The summed E-state index contributed by atoms with van der Waals surface area (Å²) in [6, 6.07) is 0. The molecule has 0 aliphatic heterocycles. The molecule has 0 atom stereocenters. The summed E-state index contributed by atoms with van der Waals surface area (Å²) in [6.07, 6.45) is 2.59. The van der Waals surface area contributed by atoms with Gasteiger partial charge >= 0.3 is 0 Å². The Morgan fingerprint density at radius 3 is 2.26 bits per heavy atom. The van der Waals surface area contributed by atoms with Crippen molar-refractivity contribution in [3.63, 3.8) is 0 Å². The Labute approximate surface area is 115 Å². The largest absolute Gasteiger partial charge is 0.365 e. The van der Waals surface area contributed by atoms with Crippen LogP contribution in [0.3, 0.4) is 0 Å². The molecule has 1 aromatic rings. The van der Waals surface area contributed by atoms with Gasteiger partial charge in [-0.25, -0.2) is 15.8 Å². The summed E-state index contributed by atoms with van der Waals surface area (Å²) in [6.45, 7) is 10.6. The zero-order valence-corrected chi connectivity index (χ0v) is 12.5. The zero-order valence-electron chi connectivity index (χ0n) is 12.5. The van der Waals surface area contributed by atoms with E-state index in [2.05, 4.69) is 48.4 Å². The topological polar surface area (TPSA) is 75.9 Å². The monoisotopic (exact) mass is 263 g/mol. The van der Waals surface area contributed by atoms with Gasteiger partial charge in [0.05, 0.1) is 0 Å². The highest BCUT2D eigenvalue weighted by Crippen LogP contribution is 2.41. The van der Waals surface area contributed by atoms with Crippen molar-refractivity contribution in [2.45, 2.75) is 58.9 Å². The van der Waals surface area contributed by atoms with Crippen LogP contribution < -0.4 is 16.6 Å². The number of hydrazine groups is 1. The van der Waals surface area contributed by atoms with Gasteiger partial charge in [-0.05, 0) is 39.5 Å². The molecule has 1 heterocycles. The minimum Gasteiger partial charge on any atom is -0.365 e. The third kappa shape index (κ3) is 2.97. The van der Waals surface area contributed by atoms with Crippen molar-refractivity contribution in [3.05, 3.63) is 11.4 Å². The van der Waals surface area contributed by atoms with E-state index in [1.54, 1.807) is 0 Å². The standard InChI is InChI=1S/C14H25N5/c1-8(2)11-16-12(9(3)13(17-11)19-15)18-14(4,5)10-6-7-10/h8,10H,6-7,15H2,1-5H3,(H2,16,17,18,19). The van der Waals surface area contributed by atoms with E-state index in [4.69, 9.17) is 5.84 Å². The maximum atomic E-state index is 5.56. The Hall–Kier alpha value is -1.36. The molecule has 1 aliphatic rings. The molecule has 1 saturated carbocycles. The van der Waals surface area contributed by atoms with E-state index in [9.17, 15) is 0 Å². The fourth-order valence-electron chi connectivity index (χ4n) is 2.27. The summed E-state index contributed by atoms with van der Waals surface area (Å²) in [7, 11) is 0. The van der Waals surface area contributed by atoms with Gasteiger partial charge < -0.3 is 10.7 Å². The fourth-order valence-corrected chi connectivity index (χ4v) is 2.27. The summed E-state index contributed by atoms with van der Waals surface area (Å²) in [4.78, 5) is 9.11. The van der Waals surface area contributed by atoms with E-state index < -0.39 is 0 Å². The minimum atomic E-state index is 0.0687. The Morgan fingerprint density at radius 2 is 1.79 bits per heavy atom. The Bertz CT molecular complexity index is 463. The average Bonchev–Trinajstić information content (AvgIpc) is 3.15. The molecule has 5 nitrogen and oxygen atoms in total. The van der Waals surface area contributed by atoms with Crippen molar-refractivity contribution >= 4 is 11.6 Å². The van der Waals surface area contributed by atoms with Crippen LogP contribution in [-0.2, 0) is 0 Å². The predicted octanol–water partition coefficient (Wildman–Crippen LogP) is 2.79. The Kier molecular flexibility index (Phi) is 3.67.